The first-order valence-electron chi connectivity index (χ1n) is 6.86. The van der Waals surface area contributed by atoms with Crippen molar-refractivity contribution in [1.82, 2.24) is 10.2 Å². The maximum atomic E-state index is 12.0. The third-order valence-corrected chi connectivity index (χ3v) is 3.42. The predicted molar refractivity (Wildman–Crippen MR) is 71.7 cm³/mol. The van der Waals surface area contributed by atoms with E-state index < -0.39 is 6.10 Å². The van der Waals surface area contributed by atoms with Crippen molar-refractivity contribution in [3.63, 3.8) is 0 Å². The van der Waals surface area contributed by atoms with Gasteiger partial charge in [-0.3, -0.25) is 0 Å². The topological polar surface area (TPSA) is 65.7 Å². The van der Waals surface area contributed by atoms with Crippen molar-refractivity contribution in [2.45, 2.75) is 51.3 Å². The van der Waals surface area contributed by atoms with E-state index in [2.05, 4.69) is 5.32 Å². The van der Waals surface area contributed by atoms with Crippen LogP contribution in [0.3, 0.4) is 0 Å². The second-order valence-corrected chi connectivity index (χ2v) is 5.36. The first kappa shape index (κ1) is 13.9. The van der Waals surface area contributed by atoms with Crippen LogP contribution in [0.4, 0.5) is 4.79 Å². The lowest BCUT2D eigenvalue weighted by atomic mass is 10.1. The molecule has 1 aliphatic rings. The maximum Gasteiger partial charge on any atom is 0.317 e. The average molecular weight is 266 g/mol. The van der Waals surface area contributed by atoms with E-state index >= 15 is 0 Å². The highest BCUT2D eigenvalue weighted by Gasteiger charge is 2.31. The number of aliphatic hydroxyl groups is 1. The van der Waals surface area contributed by atoms with E-state index in [1.807, 2.05) is 18.7 Å². The van der Waals surface area contributed by atoms with Gasteiger partial charge in [-0.15, -0.1) is 0 Å². The number of furan rings is 1. The zero-order chi connectivity index (χ0) is 13.8. The highest BCUT2D eigenvalue weighted by molar-refractivity contribution is 5.75. The molecule has 0 radical (unpaired) electrons. The number of aliphatic hydroxyl groups excluding tert-OH is 1. The Bertz CT molecular complexity index is 403. The fraction of sp³-hybridized carbons (Fsp3) is 0.643. The van der Waals surface area contributed by atoms with Crippen molar-refractivity contribution in [2.75, 3.05) is 6.54 Å². The SMILES string of the molecule is CC(C)NC(=O)N1CCCC1CC(O)c1ccco1. The summed E-state index contributed by atoms with van der Waals surface area (Å²) in [5.41, 5.74) is 0. The summed E-state index contributed by atoms with van der Waals surface area (Å²) in [6.07, 6.45) is 3.35. The molecule has 0 spiro atoms. The number of carbonyl (C=O) groups is 1. The number of nitrogens with zero attached hydrogens (tertiary/aromatic N) is 1. The summed E-state index contributed by atoms with van der Waals surface area (Å²) in [6.45, 7) is 4.65. The number of likely N-dealkylation sites (tertiary alicyclic amines) is 1. The molecule has 1 saturated heterocycles. The number of carbonyl (C=O) groups excluding carboxylic acids is 1. The van der Waals surface area contributed by atoms with Gasteiger partial charge in [0, 0.05) is 25.0 Å². The summed E-state index contributed by atoms with van der Waals surface area (Å²) in [5, 5.41) is 13.0. The van der Waals surface area contributed by atoms with Crippen LogP contribution in [0.1, 0.15) is 45.0 Å². The van der Waals surface area contributed by atoms with Crippen molar-refractivity contribution in [3.8, 4) is 0 Å². The van der Waals surface area contributed by atoms with Crippen molar-refractivity contribution in [2.24, 2.45) is 0 Å². The number of hydrogen-bond acceptors (Lipinski definition) is 3. The molecule has 2 rings (SSSR count). The summed E-state index contributed by atoms with van der Waals surface area (Å²) in [7, 11) is 0. The molecule has 2 N–H and O–H groups in total. The van der Waals surface area contributed by atoms with Gasteiger partial charge < -0.3 is 19.7 Å². The maximum absolute atomic E-state index is 12.0. The van der Waals surface area contributed by atoms with Crippen molar-refractivity contribution < 1.29 is 14.3 Å². The molecule has 0 bridgehead atoms. The van der Waals surface area contributed by atoms with E-state index in [1.54, 1.807) is 18.4 Å². The van der Waals surface area contributed by atoms with E-state index in [0.29, 0.717) is 12.2 Å². The second-order valence-electron chi connectivity index (χ2n) is 5.36. The van der Waals surface area contributed by atoms with Crippen molar-refractivity contribution in [3.05, 3.63) is 24.2 Å². The normalized spacial score (nSPS) is 20.8. The Hall–Kier alpha value is -1.49. The lowest BCUT2D eigenvalue weighted by Gasteiger charge is -2.27. The number of urea groups is 1. The monoisotopic (exact) mass is 266 g/mol. The number of rotatable bonds is 4. The Morgan fingerprint density at radius 1 is 1.63 bits per heavy atom. The fourth-order valence-electron chi connectivity index (χ4n) is 2.53. The van der Waals surface area contributed by atoms with E-state index in [-0.39, 0.29) is 18.1 Å². The van der Waals surface area contributed by atoms with Crippen molar-refractivity contribution in [1.29, 1.82) is 0 Å². The van der Waals surface area contributed by atoms with E-state index in [0.717, 1.165) is 19.4 Å². The Kier molecular flexibility index (Phi) is 4.47. The largest absolute Gasteiger partial charge is 0.467 e. The average Bonchev–Trinajstić information content (AvgIpc) is 2.98. The quantitative estimate of drug-likeness (QED) is 0.878. The van der Waals surface area contributed by atoms with Gasteiger partial charge in [0.05, 0.1) is 6.26 Å². The molecule has 2 amide bonds. The van der Waals surface area contributed by atoms with Crippen molar-refractivity contribution >= 4 is 6.03 Å². The molecule has 1 aromatic rings. The van der Waals surface area contributed by atoms with Crippen LogP contribution in [0, 0.1) is 0 Å². The number of nitrogens with one attached hydrogen (secondary N) is 1. The molecule has 19 heavy (non-hydrogen) atoms. The molecule has 106 valence electrons. The van der Waals surface area contributed by atoms with Gasteiger partial charge in [0.25, 0.3) is 0 Å². The molecule has 2 heterocycles. The van der Waals surface area contributed by atoms with Gasteiger partial charge in [-0.1, -0.05) is 0 Å². The highest BCUT2D eigenvalue weighted by Crippen LogP contribution is 2.27. The van der Waals surface area contributed by atoms with Crippen LogP contribution < -0.4 is 5.32 Å². The molecule has 1 aliphatic heterocycles. The van der Waals surface area contributed by atoms with Crippen LogP contribution in [-0.2, 0) is 0 Å². The fourth-order valence-corrected chi connectivity index (χ4v) is 2.53. The highest BCUT2D eigenvalue weighted by atomic mass is 16.4. The second kappa shape index (κ2) is 6.10. The molecule has 0 aliphatic carbocycles. The van der Waals surface area contributed by atoms with Gasteiger partial charge in [0.2, 0.25) is 0 Å². The van der Waals surface area contributed by atoms with Gasteiger partial charge in [-0.05, 0) is 38.8 Å². The Morgan fingerprint density at radius 3 is 3.05 bits per heavy atom. The lowest BCUT2D eigenvalue weighted by molar-refractivity contribution is 0.107. The summed E-state index contributed by atoms with van der Waals surface area (Å²) >= 11 is 0. The van der Waals surface area contributed by atoms with Gasteiger partial charge >= 0.3 is 6.03 Å². The van der Waals surface area contributed by atoms with Crippen LogP contribution in [0.15, 0.2) is 22.8 Å². The van der Waals surface area contributed by atoms with Crippen LogP contribution in [-0.4, -0.2) is 34.7 Å². The van der Waals surface area contributed by atoms with Gasteiger partial charge in [0.1, 0.15) is 11.9 Å². The summed E-state index contributed by atoms with van der Waals surface area (Å²) in [5.74, 6) is 0.566. The predicted octanol–water partition coefficient (Wildman–Crippen LogP) is 2.29. The standard InChI is InChI=1S/C14H22N2O3/c1-10(2)15-14(18)16-7-3-5-11(16)9-12(17)13-6-4-8-19-13/h4,6,8,10-12,17H,3,5,7,9H2,1-2H3,(H,15,18). The smallest absolute Gasteiger partial charge is 0.317 e. The first-order valence-corrected chi connectivity index (χ1v) is 6.86. The molecule has 2 atom stereocenters. The molecule has 5 nitrogen and oxygen atoms in total. The van der Waals surface area contributed by atoms with Crippen LogP contribution in [0.25, 0.3) is 0 Å². The molecule has 1 fully saturated rings. The molecule has 5 heteroatoms. The van der Waals surface area contributed by atoms with E-state index in [9.17, 15) is 9.90 Å². The molecule has 1 aromatic heterocycles. The summed E-state index contributed by atoms with van der Waals surface area (Å²) in [4.78, 5) is 13.9. The third-order valence-electron chi connectivity index (χ3n) is 3.42. The summed E-state index contributed by atoms with van der Waals surface area (Å²) < 4.78 is 5.20. The van der Waals surface area contributed by atoms with Crippen LogP contribution in [0.5, 0.6) is 0 Å². The lowest BCUT2D eigenvalue weighted by Crippen LogP contribution is -2.45. The van der Waals surface area contributed by atoms with E-state index in [4.69, 9.17) is 4.42 Å². The van der Waals surface area contributed by atoms with Crippen LogP contribution in [0.2, 0.25) is 0 Å². The Labute approximate surface area is 113 Å². The minimum absolute atomic E-state index is 0.0378. The number of amides is 2. The van der Waals surface area contributed by atoms with Gasteiger partial charge in [-0.2, -0.15) is 0 Å². The third kappa shape index (κ3) is 3.50. The molecule has 0 saturated carbocycles. The first-order chi connectivity index (χ1) is 9.08. The zero-order valence-electron chi connectivity index (χ0n) is 11.5. The van der Waals surface area contributed by atoms with E-state index in [1.165, 1.54) is 0 Å². The molecular formula is C14H22N2O3. The molecule has 2 unspecified atom stereocenters. The zero-order valence-corrected chi connectivity index (χ0v) is 11.5. The van der Waals surface area contributed by atoms with Gasteiger partial charge in [-0.25, -0.2) is 4.79 Å². The molecular weight excluding hydrogens is 244 g/mol. The van der Waals surface area contributed by atoms with Gasteiger partial charge in [0.15, 0.2) is 0 Å². The minimum atomic E-state index is -0.646. The Balaban J connectivity index is 1.93. The number of hydrogen-bond donors (Lipinski definition) is 2. The summed E-state index contributed by atoms with van der Waals surface area (Å²) in [6, 6.07) is 3.70. The minimum Gasteiger partial charge on any atom is -0.467 e. The Morgan fingerprint density at radius 2 is 2.42 bits per heavy atom. The van der Waals surface area contributed by atoms with Crippen LogP contribution >= 0.6 is 0 Å². The molecule has 0 aromatic carbocycles.